The van der Waals surface area contributed by atoms with Gasteiger partial charge in [0, 0.05) is 43.8 Å². The van der Waals surface area contributed by atoms with Gasteiger partial charge in [0.2, 0.25) is 0 Å². The van der Waals surface area contributed by atoms with E-state index in [9.17, 15) is 0 Å². The average Bonchev–Trinajstić information content (AvgIpc) is 2.95. The van der Waals surface area contributed by atoms with Gasteiger partial charge in [0.1, 0.15) is 24.1 Å². The fraction of sp³-hybridized carbons (Fsp3) is 0.625. The summed E-state index contributed by atoms with van der Waals surface area (Å²) >= 11 is 0. The second-order valence-electron chi connectivity index (χ2n) is 9.58. The topological polar surface area (TPSA) is 87.7 Å². The third-order valence-corrected chi connectivity index (χ3v) is 7.51. The number of ether oxygens (including phenoxy) is 2. The molecule has 2 N–H and O–H groups in total. The van der Waals surface area contributed by atoms with Crippen molar-refractivity contribution >= 4 is 17.3 Å². The standard InChI is InChI=1S/C24H33N7O2/c1-15-22-20(11-19(28-15)17-3-5-30(6-4-17)18-12-25-13-18)29-23-21(16(2)33-22)24(27-14-26-23)31-7-9-32-10-8-31/h11,14,16-18,25H,3-10,12-13H2,1-2H3,(H,26,27,29)/t16-/m1/s1. The summed E-state index contributed by atoms with van der Waals surface area (Å²) in [6.45, 7) is 11.8. The Morgan fingerprint density at radius 3 is 2.58 bits per heavy atom. The van der Waals surface area contributed by atoms with E-state index in [-0.39, 0.29) is 6.10 Å². The zero-order chi connectivity index (χ0) is 22.4. The smallest absolute Gasteiger partial charge is 0.164 e. The first-order valence-electron chi connectivity index (χ1n) is 12.2. The van der Waals surface area contributed by atoms with E-state index in [0.29, 0.717) is 19.1 Å². The lowest BCUT2D eigenvalue weighted by Crippen LogP contribution is -2.58. The predicted molar refractivity (Wildman–Crippen MR) is 127 cm³/mol. The lowest BCUT2D eigenvalue weighted by Gasteiger charge is -2.42. The van der Waals surface area contributed by atoms with Crippen LogP contribution in [-0.4, -0.2) is 78.4 Å². The summed E-state index contributed by atoms with van der Waals surface area (Å²) in [5, 5.41) is 6.98. The van der Waals surface area contributed by atoms with Gasteiger partial charge in [-0.05, 0) is 45.8 Å². The Morgan fingerprint density at radius 2 is 1.85 bits per heavy atom. The van der Waals surface area contributed by atoms with Crippen molar-refractivity contribution in [3.8, 4) is 5.75 Å². The normalized spacial score (nSPS) is 24.2. The first kappa shape index (κ1) is 21.1. The van der Waals surface area contributed by atoms with Crippen LogP contribution in [0.2, 0.25) is 0 Å². The van der Waals surface area contributed by atoms with E-state index in [1.165, 1.54) is 0 Å². The third kappa shape index (κ3) is 3.92. The van der Waals surface area contributed by atoms with Crippen molar-refractivity contribution in [2.75, 3.05) is 62.7 Å². The molecular formula is C24H33N7O2. The van der Waals surface area contributed by atoms with Crippen LogP contribution in [0.4, 0.5) is 17.3 Å². The van der Waals surface area contributed by atoms with Gasteiger partial charge in [-0.2, -0.15) is 0 Å². The van der Waals surface area contributed by atoms with Gasteiger partial charge in [-0.3, -0.25) is 9.88 Å². The molecule has 3 fully saturated rings. The molecule has 0 saturated carbocycles. The lowest BCUT2D eigenvalue weighted by atomic mass is 9.91. The molecule has 2 aromatic heterocycles. The maximum atomic E-state index is 6.48. The first-order valence-corrected chi connectivity index (χ1v) is 12.2. The summed E-state index contributed by atoms with van der Waals surface area (Å²) in [6, 6.07) is 2.91. The first-order chi connectivity index (χ1) is 16.2. The molecule has 33 heavy (non-hydrogen) atoms. The van der Waals surface area contributed by atoms with E-state index < -0.39 is 0 Å². The Bertz CT molecular complexity index is 1010. The van der Waals surface area contributed by atoms with Crippen molar-refractivity contribution < 1.29 is 9.47 Å². The number of aromatic nitrogens is 3. The predicted octanol–water partition coefficient (Wildman–Crippen LogP) is 2.36. The number of nitrogens with zero attached hydrogens (tertiary/aromatic N) is 5. The SMILES string of the molecule is Cc1nc(C2CCN(C3CNC3)CC2)cc2c1O[C@H](C)c1c(ncnc1N1CCOCC1)N2. The molecule has 176 valence electrons. The molecule has 4 aliphatic heterocycles. The van der Waals surface area contributed by atoms with E-state index in [4.69, 9.17) is 14.5 Å². The number of morpholine rings is 1. The number of hydrogen-bond donors (Lipinski definition) is 2. The van der Waals surface area contributed by atoms with E-state index >= 15 is 0 Å². The van der Waals surface area contributed by atoms with E-state index in [0.717, 1.165) is 98.2 Å². The van der Waals surface area contributed by atoms with E-state index in [1.807, 2.05) is 0 Å². The highest BCUT2D eigenvalue weighted by Crippen LogP contribution is 2.43. The van der Waals surface area contributed by atoms with Crippen molar-refractivity contribution in [3.63, 3.8) is 0 Å². The van der Waals surface area contributed by atoms with Crippen molar-refractivity contribution in [1.82, 2.24) is 25.2 Å². The number of likely N-dealkylation sites (tertiary alicyclic amines) is 1. The summed E-state index contributed by atoms with van der Waals surface area (Å²) in [7, 11) is 0. The van der Waals surface area contributed by atoms with Gasteiger partial charge >= 0.3 is 0 Å². The van der Waals surface area contributed by atoms with Gasteiger partial charge in [-0.15, -0.1) is 0 Å². The van der Waals surface area contributed by atoms with Crippen LogP contribution in [0.25, 0.3) is 0 Å². The fourth-order valence-corrected chi connectivity index (χ4v) is 5.48. The van der Waals surface area contributed by atoms with Crippen molar-refractivity contribution in [3.05, 3.63) is 29.3 Å². The van der Waals surface area contributed by atoms with Crippen molar-refractivity contribution in [1.29, 1.82) is 0 Å². The monoisotopic (exact) mass is 451 g/mol. The summed E-state index contributed by atoms with van der Waals surface area (Å²) in [5.41, 5.74) is 4.05. The molecule has 4 aliphatic rings. The molecular weight excluding hydrogens is 418 g/mol. The fourth-order valence-electron chi connectivity index (χ4n) is 5.48. The Labute approximate surface area is 194 Å². The van der Waals surface area contributed by atoms with Crippen LogP contribution in [0.3, 0.4) is 0 Å². The van der Waals surface area contributed by atoms with E-state index in [1.54, 1.807) is 6.33 Å². The van der Waals surface area contributed by atoms with Crippen LogP contribution in [0.1, 0.15) is 48.7 Å². The van der Waals surface area contributed by atoms with Crippen LogP contribution in [0, 0.1) is 6.92 Å². The second-order valence-corrected chi connectivity index (χ2v) is 9.58. The molecule has 6 heterocycles. The zero-order valence-electron chi connectivity index (χ0n) is 19.5. The molecule has 0 amide bonds. The van der Waals surface area contributed by atoms with Gasteiger partial charge in [0.25, 0.3) is 0 Å². The Hall–Kier alpha value is -2.49. The minimum Gasteiger partial charge on any atom is -0.482 e. The lowest BCUT2D eigenvalue weighted by molar-refractivity contribution is 0.112. The number of piperidine rings is 1. The molecule has 0 radical (unpaired) electrons. The molecule has 6 rings (SSSR count). The number of aryl methyl sites for hydroxylation is 1. The zero-order valence-corrected chi connectivity index (χ0v) is 19.5. The molecule has 3 saturated heterocycles. The van der Waals surface area contributed by atoms with E-state index in [2.05, 4.69) is 50.3 Å². The van der Waals surface area contributed by atoms with Crippen LogP contribution >= 0.6 is 0 Å². The Balaban J connectivity index is 1.28. The number of anilines is 3. The van der Waals surface area contributed by atoms with Crippen LogP contribution in [0.15, 0.2) is 12.4 Å². The van der Waals surface area contributed by atoms with Gasteiger partial charge in [0.05, 0.1) is 30.2 Å². The van der Waals surface area contributed by atoms with Crippen molar-refractivity contribution in [2.24, 2.45) is 0 Å². The van der Waals surface area contributed by atoms with Gasteiger partial charge < -0.3 is 25.0 Å². The summed E-state index contributed by atoms with van der Waals surface area (Å²) in [4.78, 5) is 19.1. The maximum Gasteiger partial charge on any atom is 0.164 e. The maximum absolute atomic E-state index is 6.48. The number of rotatable bonds is 3. The minimum absolute atomic E-state index is 0.182. The molecule has 1 atom stereocenters. The number of fused-ring (bicyclic) bond motifs is 2. The highest BCUT2D eigenvalue weighted by atomic mass is 16.5. The van der Waals surface area contributed by atoms with Gasteiger partial charge in [0.15, 0.2) is 5.75 Å². The molecule has 0 aliphatic carbocycles. The molecule has 2 aromatic rings. The highest BCUT2D eigenvalue weighted by Gasteiger charge is 2.32. The Kier molecular flexibility index (Phi) is 5.55. The largest absolute Gasteiger partial charge is 0.482 e. The quantitative estimate of drug-likeness (QED) is 0.730. The van der Waals surface area contributed by atoms with Crippen LogP contribution in [0.5, 0.6) is 5.75 Å². The molecule has 0 aromatic carbocycles. The summed E-state index contributed by atoms with van der Waals surface area (Å²) in [5.74, 6) is 3.05. The molecule has 0 bridgehead atoms. The number of pyridine rings is 1. The van der Waals surface area contributed by atoms with Crippen molar-refractivity contribution in [2.45, 2.75) is 44.8 Å². The molecule has 0 unspecified atom stereocenters. The minimum atomic E-state index is -0.182. The molecule has 9 nitrogen and oxygen atoms in total. The summed E-state index contributed by atoms with van der Waals surface area (Å²) in [6.07, 6.45) is 3.77. The van der Waals surface area contributed by atoms with Crippen LogP contribution in [-0.2, 0) is 4.74 Å². The number of nitrogens with one attached hydrogen (secondary N) is 2. The summed E-state index contributed by atoms with van der Waals surface area (Å²) < 4.78 is 12.0. The van der Waals surface area contributed by atoms with Crippen LogP contribution < -0.4 is 20.3 Å². The average molecular weight is 452 g/mol. The van der Waals surface area contributed by atoms with Gasteiger partial charge in [-0.25, -0.2) is 9.97 Å². The Morgan fingerprint density at radius 1 is 1.06 bits per heavy atom. The third-order valence-electron chi connectivity index (χ3n) is 7.51. The number of hydrogen-bond acceptors (Lipinski definition) is 9. The molecule has 9 heteroatoms. The molecule has 0 spiro atoms. The second kappa shape index (κ2) is 8.70. The van der Waals surface area contributed by atoms with Gasteiger partial charge in [-0.1, -0.05) is 0 Å². The highest BCUT2D eigenvalue weighted by molar-refractivity contribution is 5.73.